The fourth-order valence-electron chi connectivity index (χ4n) is 1.75. The van der Waals surface area contributed by atoms with Crippen molar-refractivity contribution in [2.75, 3.05) is 19.0 Å². The standard InChI is InChI=1S/C14H20N2O5S/c1-5-9(6-17)15-11(18)12(19)16-13-10(14(20)21-4)7(2)8(3)22-13/h9,17H,5-6H2,1-4H3,(H,15,18)(H,16,19)/t9-/m1/s1. The summed E-state index contributed by atoms with van der Waals surface area (Å²) in [6.07, 6.45) is 0.500. The Labute approximate surface area is 132 Å². The Balaban J connectivity index is 2.91. The van der Waals surface area contributed by atoms with Crippen molar-refractivity contribution >= 4 is 34.1 Å². The number of methoxy groups -OCH3 is 1. The van der Waals surface area contributed by atoms with E-state index in [1.807, 2.05) is 0 Å². The molecule has 0 unspecified atom stereocenters. The van der Waals surface area contributed by atoms with Gasteiger partial charge in [-0.15, -0.1) is 11.3 Å². The Morgan fingerprint density at radius 3 is 2.41 bits per heavy atom. The van der Waals surface area contributed by atoms with Gasteiger partial charge in [0.25, 0.3) is 0 Å². The van der Waals surface area contributed by atoms with Crippen LogP contribution in [-0.2, 0) is 14.3 Å². The molecule has 3 N–H and O–H groups in total. The summed E-state index contributed by atoms with van der Waals surface area (Å²) in [5, 5.41) is 14.1. The van der Waals surface area contributed by atoms with Gasteiger partial charge < -0.3 is 20.5 Å². The summed E-state index contributed by atoms with van der Waals surface area (Å²) in [6.45, 7) is 5.08. The lowest BCUT2D eigenvalue weighted by atomic mass is 10.1. The summed E-state index contributed by atoms with van der Waals surface area (Å²) in [5.41, 5.74) is 0.953. The van der Waals surface area contributed by atoms with Crippen LogP contribution in [0.15, 0.2) is 0 Å². The third-order valence-corrected chi connectivity index (χ3v) is 4.38. The van der Waals surface area contributed by atoms with E-state index in [4.69, 9.17) is 9.84 Å². The summed E-state index contributed by atoms with van der Waals surface area (Å²) < 4.78 is 4.70. The van der Waals surface area contributed by atoms with E-state index < -0.39 is 23.8 Å². The molecule has 0 spiro atoms. The fraction of sp³-hybridized carbons (Fsp3) is 0.500. The Kier molecular flexibility index (Phi) is 6.51. The predicted molar refractivity (Wildman–Crippen MR) is 83.1 cm³/mol. The smallest absolute Gasteiger partial charge is 0.341 e. The average molecular weight is 328 g/mol. The third kappa shape index (κ3) is 4.05. The predicted octanol–water partition coefficient (Wildman–Crippen LogP) is 0.977. The number of nitrogens with one attached hydrogen (secondary N) is 2. The van der Waals surface area contributed by atoms with E-state index >= 15 is 0 Å². The van der Waals surface area contributed by atoms with Crippen molar-refractivity contribution in [1.29, 1.82) is 0 Å². The Bertz CT molecular complexity index is 578. The van der Waals surface area contributed by atoms with Crippen LogP contribution in [0, 0.1) is 13.8 Å². The Hall–Kier alpha value is -1.93. The summed E-state index contributed by atoms with van der Waals surface area (Å²) >= 11 is 1.20. The number of rotatable bonds is 5. The lowest BCUT2D eigenvalue weighted by Gasteiger charge is -2.13. The molecule has 0 aromatic carbocycles. The van der Waals surface area contributed by atoms with Gasteiger partial charge in [0.05, 0.1) is 25.3 Å². The van der Waals surface area contributed by atoms with Crippen molar-refractivity contribution in [3.8, 4) is 0 Å². The lowest BCUT2D eigenvalue weighted by Crippen LogP contribution is -2.43. The lowest BCUT2D eigenvalue weighted by molar-refractivity contribution is -0.136. The fourth-order valence-corrected chi connectivity index (χ4v) is 2.79. The molecule has 2 amide bonds. The molecule has 0 fully saturated rings. The van der Waals surface area contributed by atoms with Crippen LogP contribution < -0.4 is 10.6 Å². The van der Waals surface area contributed by atoms with Gasteiger partial charge in [0, 0.05) is 4.88 Å². The maximum Gasteiger partial charge on any atom is 0.341 e. The molecule has 0 aliphatic rings. The van der Waals surface area contributed by atoms with Crippen LogP contribution in [0.2, 0.25) is 0 Å². The number of thiophene rings is 1. The first-order valence-electron chi connectivity index (χ1n) is 6.76. The van der Waals surface area contributed by atoms with Crippen LogP contribution in [0.5, 0.6) is 0 Å². The number of anilines is 1. The highest BCUT2D eigenvalue weighted by Gasteiger charge is 2.24. The molecular formula is C14H20N2O5S. The molecule has 0 saturated heterocycles. The molecule has 22 heavy (non-hydrogen) atoms. The molecule has 0 saturated carbocycles. The van der Waals surface area contributed by atoms with Gasteiger partial charge in [-0.05, 0) is 25.8 Å². The van der Waals surface area contributed by atoms with Crippen LogP contribution in [0.25, 0.3) is 0 Å². The number of hydrogen-bond acceptors (Lipinski definition) is 6. The van der Waals surface area contributed by atoms with Crippen LogP contribution in [-0.4, -0.2) is 42.6 Å². The second-order valence-electron chi connectivity index (χ2n) is 4.69. The molecular weight excluding hydrogens is 308 g/mol. The molecule has 0 radical (unpaired) electrons. The maximum absolute atomic E-state index is 11.9. The highest BCUT2D eigenvalue weighted by Crippen LogP contribution is 2.32. The third-order valence-electron chi connectivity index (χ3n) is 3.26. The molecule has 0 aliphatic heterocycles. The van der Waals surface area contributed by atoms with Gasteiger partial charge >= 0.3 is 17.8 Å². The van der Waals surface area contributed by atoms with Gasteiger partial charge in [-0.25, -0.2) is 4.79 Å². The van der Waals surface area contributed by atoms with Crippen molar-refractivity contribution in [3.05, 3.63) is 16.0 Å². The van der Waals surface area contributed by atoms with E-state index in [2.05, 4.69) is 10.6 Å². The molecule has 8 heteroatoms. The van der Waals surface area contributed by atoms with Crippen molar-refractivity contribution in [3.63, 3.8) is 0 Å². The van der Waals surface area contributed by atoms with E-state index in [0.717, 1.165) is 4.88 Å². The zero-order valence-corrected chi connectivity index (χ0v) is 13.8. The number of ether oxygens (including phenoxy) is 1. The number of esters is 1. The molecule has 122 valence electrons. The highest BCUT2D eigenvalue weighted by molar-refractivity contribution is 7.17. The minimum absolute atomic E-state index is 0.250. The van der Waals surface area contributed by atoms with Gasteiger partial charge in [-0.1, -0.05) is 6.92 Å². The largest absolute Gasteiger partial charge is 0.465 e. The average Bonchev–Trinajstić information content (AvgIpc) is 2.78. The van der Waals surface area contributed by atoms with Gasteiger partial charge in [-0.3, -0.25) is 9.59 Å². The van der Waals surface area contributed by atoms with Crippen molar-refractivity contribution in [2.45, 2.75) is 33.2 Å². The normalized spacial score (nSPS) is 11.7. The Morgan fingerprint density at radius 1 is 1.27 bits per heavy atom. The number of aliphatic hydroxyl groups excluding tert-OH is 1. The first-order valence-corrected chi connectivity index (χ1v) is 7.58. The quantitative estimate of drug-likeness (QED) is 0.552. The molecule has 7 nitrogen and oxygen atoms in total. The highest BCUT2D eigenvalue weighted by atomic mass is 32.1. The van der Waals surface area contributed by atoms with Crippen LogP contribution in [0.3, 0.4) is 0 Å². The maximum atomic E-state index is 11.9. The molecule has 0 aliphatic carbocycles. The van der Waals surface area contributed by atoms with Gasteiger partial charge in [0.15, 0.2) is 0 Å². The van der Waals surface area contributed by atoms with E-state index in [1.54, 1.807) is 20.8 Å². The number of aryl methyl sites for hydroxylation is 1. The molecule has 1 atom stereocenters. The minimum atomic E-state index is -0.890. The molecule has 1 aromatic heterocycles. The molecule has 1 heterocycles. The first kappa shape index (κ1) is 18.1. The number of carbonyl (C=O) groups is 3. The van der Waals surface area contributed by atoms with Gasteiger partial charge in [0.1, 0.15) is 5.00 Å². The van der Waals surface area contributed by atoms with Crippen LogP contribution >= 0.6 is 11.3 Å². The second kappa shape index (κ2) is 7.90. The number of amides is 2. The number of aliphatic hydroxyl groups is 1. The van der Waals surface area contributed by atoms with Crippen LogP contribution in [0.1, 0.15) is 34.1 Å². The van der Waals surface area contributed by atoms with E-state index in [0.29, 0.717) is 12.0 Å². The summed E-state index contributed by atoms with van der Waals surface area (Å²) in [4.78, 5) is 36.3. The van der Waals surface area contributed by atoms with Gasteiger partial charge in [-0.2, -0.15) is 0 Å². The summed E-state index contributed by atoms with van der Waals surface area (Å²) in [7, 11) is 1.25. The number of hydrogen-bond donors (Lipinski definition) is 3. The SMILES string of the molecule is CC[C@H](CO)NC(=O)C(=O)Nc1sc(C)c(C)c1C(=O)OC. The monoisotopic (exact) mass is 328 g/mol. The molecule has 1 aromatic rings. The zero-order chi connectivity index (χ0) is 16.9. The first-order chi connectivity index (χ1) is 10.3. The minimum Gasteiger partial charge on any atom is -0.465 e. The van der Waals surface area contributed by atoms with E-state index in [9.17, 15) is 14.4 Å². The van der Waals surface area contributed by atoms with Gasteiger partial charge in [0.2, 0.25) is 0 Å². The van der Waals surface area contributed by atoms with Crippen molar-refractivity contribution in [2.24, 2.45) is 0 Å². The van der Waals surface area contributed by atoms with Crippen molar-refractivity contribution < 1.29 is 24.2 Å². The van der Waals surface area contributed by atoms with Crippen LogP contribution in [0.4, 0.5) is 5.00 Å². The molecule has 1 rings (SSSR count). The zero-order valence-electron chi connectivity index (χ0n) is 13.0. The van der Waals surface area contributed by atoms with E-state index in [1.165, 1.54) is 18.4 Å². The topological polar surface area (TPSA) is 105 Å². The number of carbonyl (C=O) groups excluding carboxylic acids is 3. The summed E-state index contributed by atoms with van der Waals surface area (Å²) in [5.74, 6) is -2.32. The van der Waals surface area contributed by atoms with Crippen molar-refractivity contribution in [1.82, 2.24) is 5.32 Å². The summed E-state index contributed by atoms with van der Waals surface area (Å²) in [6, 6.07) is -0.481. The van der Waals surface area contributed by atoms with E-state index in [-0.39, 0.29) is 17.2 Å². The molecule has 0 bridgehead atoms. The second-order valence-corrected chi connectivity index (χ2v) is 5.92. The Morgan fingerprint density at radius 2 is 1.91 bits per heavy atom.